The van der Waals surface area contributed by atoms with Crippen LogP contribution in [-0.4, -0.2) is 23.1 Å². The smallest absolute Gasteiger partial charge is 0.0157 e. The molecule has 0 fully saturated rings. The molecule has 1 heterocycles. The zero-order chi connectivity index (χ0) is 4.24. The first-order chi connectivity index (χ1) is 3.00. The van der Waals surface area contributed by atoms with Crippen LogP contribution in [0.25, 0.3) is 0 Å². The van der Waals surface area contributed by atoms with Gasteiger partial charge in [0.1, 0.15) is 0 Å². The molecule has 1 aliphatic rings. The summed E-state index contributed by atoms with van der Waals surface area (Å²) in [5.41, 5.74) is 0. The summed E-state index contributed by atoms with van der Waals surface area (Å²) in [6.45, 7) is 0. The molecule has 39 valence electrons. The molecule has 0 saturated heterocycles. The van der Waals surface area contributed by atoms with E-state index >= 15 is 0 Å². The van der Waals surface area contributed by atoms with Gasteiger partial charge in [0.2, 0.25) is 0 Å². The van der Waals surface area contributed by atoms with Crippen LogP contribution in [0, 0.1) is 0 Å². The summed E-state index contributed by atoms with van der Waals surface area (Å²) >= 11 is 1.83. The number of hydrogen-bond donors (Lipinski definition) is 0. The third-order valence-corrected chi connectivity index (χ3v) is 1.35. The zero-order valence-electron chi connectivity index (χ0n) is 4.50. The Morgan fingerprint density at radius 3 is 2.12 bits per heavy atom. The zero-order valence-corrected chi connectivity index (χ0v) is 8.03. The first-order valence-corrected chi connectivity index (χ1v) is 2.98. The second-order valence-corrected chi connectivity index (χ2v) is 2.03. The molecule has 1 rings (SSSR count). The standard InChI is InChI=1S/C5H6S.Al.Ti/c1-2-4-6-5-3-1;;/h1-4H,5H2;;. The van der Waals surface area contributed by atoms with Crippen LogP contribution in [0.15, 0.2) is 23.6 Å². The maximum Gasteiger partial charge on any atom is 0.0157 e. The van der Waals surface area contributed by atoms with Crippen molar-refractivity contribution in [3.8, 4) is 0 Å². The fourth-order valence-corrected chi connectivity index (χ4v) is 0.881. The first kappa shape index (κ1) is 11.8. The van der Waals surface area contributed by atoms with Gasteiger partial charge >= 0.3 is 0 Å². The van der Waals surface area contributed by atoms with Gasteiger partial charge in [-0.05, 0) is 5.41 Å². The molecule has 1 aliphatic heterocycles. The molecule has 0 spiro atoms. The van der Waals surface area contributed by atoms with E-state index in [2.05, 4.69) is 17.6 Å². The van der Waals surface area contributed by atoms with Crippen LogP contribution in [0.1, 0.15) is 0 Å². The van der Waals surface area contributed by atoms with Gasteiger partial charge in [-0.1, -0.05) is 18.2 Å². The summed E-state index contributed by atoms with van der Waals surface area (Å²) in [4.78, 5) is 0. The Kier molecular flexibility index (Phi) is 11.9. The van der Waals surface area contributed by atoms with Crippen LogP contribution in [-0.2, 0) is 21.7 Å². The predicted octanol–water partition coefficient (Wildman–Crippen LogP) is 1.42. The van der Waals surface area contributed by atoms with Crippen LogP contribution in [0.3, 0.4) is 0 Å². The van der Waals surface area contributed by atoms with Crippen molar-refractivity contribution in [1.29, 1.82) is 0 Å². The number of rotatable bonds is 0. The molecule has 0 unspecified atom stereocenters. The van der Waals surface area contributed by atoms with Crippen molar-refractivity contribution in [2.75, 3.05) is 5.75 Å². The van der Waals surface area contributed by atoms with Gasteiger partial charge in [0, 0.05) is 44.8 Å². The molecule has 0 bridgehead atoms. The van der Waals surface area contributed by atoms with E-state index < -0.39 is 0 Å². The molecule has 8 heavy (non-hydrogen) atoms. The molecule has 3 heteroatoms. The summed E-state index contributed by atoms with van der Waals surface area (Å²) in [6, 6.07) is 0. The van der Waals surface area contributed by atoms with E-state index in [4.69, 9.17) is 0 Å². The molecule has 0 aromatic carbocycles. The van der Waals surface area contributed by atoms with E-state index in [-0.39, 0.29) is 39.1 Å². The SMILES string of the molecule is C1=CCSC=C1.[Al].[Ti]. The van der Waals surface area contributed by atoms with E-state index in [9.17, 15) is 0 Å². The quantitative estimate of drug-likeness (QED) is 0.499. The largest absolute Gasteiger partial charge is 0.130 e. The molecule has 3 radical (unpaired) electrons. The van der Waals surface area contributed by atoms with Gasteiger partial charge in [-0.3, -0.25) is 0 Å². The minimum absolute atomic E-state index is 0. The van der Waals surface area contributed by atoms with Crippen LogP contribution in [0.5, 0.6) is 0 Å². The van der Waals surface area contributed by atoms with Crippen molar-refractivity contribution >= 4 is 29.1 Å². The molecular weight excluding hydrogens is 167 g/mol. The van der Waals surface area contributed by atoms with Crippen molar-refractivity contribution < 1.29 is 21.7 Å². The molecule has 0 aromatic rings. The molecule has 0 atom stereocenters. The average Bonchev–Trinajstić information content (AvgIpc) is 1.72. The van der Waals surface area contributed by atoms with E-state index in [1.165, 1.54) is 0 Å². The molecule has 0 aromatic heterocycles. The Labute approximate surface area is 79.8 Å². The second-order valence-electron chi connectivity index (χ2n) is 1.09. The summed E-state index contributed by atoms with van der Waals surface area (Å²) in [5.74, 6) is 1.15. The fraction of sp³-hybridized carbons (Fsp3) is 0.200. The predicted molar refractivity (Wildman–Crippen MR) is 36.5 cm³/mol. The summed E-state index contributed by atoms with van der Waals surface area (Å²) in [6.07, 6.45) is 6.26. The Hall–Kier alpha value is 1.08. The number of thioether (sulfide) groups is 1. The summed E-state index contributed by atoms with van der Waals surface area (Å²) in [7, 11) is 0. The van der Waals surface area contributed by atoms with Gasteiger partial charge in [0.05, 0.1) is 0 Å². The second kappa shape index (κ2) is 8.08. The first-order valence-electron chi connectivity index (χ1n) is 1.93. The van der Waals surface area contributed by atoms with Crippen LogP contribution in [0.4, 0.5) is 0 Å². The van der Waals surface area contributed by atoms with Crippen molar-refractivity contribution in [1.82, 2.24) is 0 Å². The van der Waals surface area contributed by atoms with Gasteiger partial charge in [-0.25, -0.2) is 0 Å². The molecule has 0 nitrogen and oxygen atoms in total. The van der Waals surface area contributed by atoms with Gasteiger partial charge in [-0.15, -0.1) is 11.8 Å². The Bertz CT molecular complexity index is 78.4. The van der Waals surface area contributed by atoms with Gasteiger partial charge in [0.25, 0.3) is 0 Å². The van der Waals surface area contributed by atoms with Gasteiger partial charge < -0.3 is 0 Å². The monoisotopic (exact) mass is 173 g/mol. The van der Waals surface area contributed by atoms with Gasteiger partial charge in [-0.2, -0.15) is 0 Å². The Morgan fingerprint density at radius 1 is 1.25 bits per heavy atom. The van der Waals surface area contributed by atoms with Crippen LogP contribution in [0.2, 0.25) is 0 Å². The topological polar surface area (TPSA) is 0 Å². The van der Waals surface area contributed by atoms with Crippen LogP contribution < -0.4 is 0 Å². The Balaban J connectivity index is 0. The Morgan fingerprint density at radius 2 is 2.00 bits per heavy atom. The minimum Gasteiger partial charge on any atom is -0.130 e. The fourth-order valence-electron chi connectivity index (χ4n) is 0.346. The minimum atomic E-state index is 0. The van der Waals surface area contributed by atoms with Crippen molar-refractivity contribution in [2.45, 2.75) is 0 Å². The number of hydrogen-bond acceptors (Lipinski definition) is 1. The molecule has 0 amide bonds. The third-order valence-electron chi connectivity index (χ3n) is 0.614. The summed E-state index contributed by atoms with van der Waals surface area (Å²) in [5, 5.41) is 2.10. The van der Waals surface area contributed by atoms with Crippen molar-refractivity contribution in [2.24, 2.45) is 0 Å². The molecule has 0 saturated carbocycles. The summed E-state index contributed by atoms with van der Waals surface area (Å²) < 4.78 is 0. The number of allylic oxidation sites excluding steroid dienone is 2. The van der Waals surface area contributed by atoms with E-state index in [1.807, 2.05) is 17.8 Å². The molecular formula is C5H6AlSTi. The molecule has 0 aliphatic carbocycles. The average molecular weight is 173 g/mol. The third kappa shape index (κ3) is 5.22. The van der Waals surface area contributed by atoms with Gasteiger partial charge in [0.15, 0.2) is 0 Å². The van der Waals surface area contributed by atoms with E-state index in [0.29, 0.717) is 0 Å². The van der Waals surface area contributed by atoms with E-state index in [0.717, 1.165) is 5.75 Å². The maximum absolute atomic E-state index is 2.14. The normalized spacial score (nSPS) is 14.0. The molecule has 0 N–H and O–H groups in total. The van der Waals surface area contributed by atoms with Crippen molar-refractivity contribution in [3.05, 3.63) is 23.6 Å². The van der Waals surface area contributed by atoms with E-state index in [1.54, 1.807) is 0 Å². The maximum atomic E-state index is 2.14. The van der Waals surface area contributed by atoms with Crippen molar-refractivity contribution in [3.63, 3.8) is 0 Å². The van der Waals surface area contributed by atoms with Crippen LogP contribution >= 0.6 is 11.8 Å².